The molecular formula is C14H15NO3. The Balaban J connectivity index is 2.90. The van der Waals surface area contributed by atoms with Crippen molar-refractivity contribution in [3.63, 3.8) is 0 Å². The zero-order valence-corrected chi connectivity index (χ0v) is 10.5. The highest BCUT2D eigenvalue weighted by atomic mass is 16.5. The predicted octanol–water partition coefficient (Wildman–Crippen LogP) is 2.56. The molecule has 0 heterocycles. The quantitative estimate of drug-likeness (QED) is 0.454. The number of methoxy groups -OCH3 is 1. The van der Waals surface area contributed by atoms with E-state index in [1.165, 1.54) is 6.08 Å². The molecule has 4 heteroatoms. The maximum absolute atomic E-state index is 11.5. The largest absolute Gasteiger partial charge is 0.497 e. The third kappa shape index (κ3) is 3.95. The van der Waals surface area contributed by atoms with E-state index in [2.05, 4.69) is 0 Å². The highest BCUT2D eigenvalue weighted by molar-refractivity contribution is 5.97. The van der Waals surface area contributed by atoms with Crippen LogP contribution in [0.4, 0.5) is 0 Å². The molecule has 0 atom stereocenters. The van der Waals surface area contributed by atoms with Crippen LogP contribution in [0.2, 0.25) is 0 Å². The minimum Gasteiger partial charge on any atom is -0.497 e. The Labute approximate surface area is 106 Å². The molecule has 0 aromatic heterocycles. The first kappa shape index (κ1) is 13.8. The van der Waals surface area contributed by atoms with Gasteiger partial charge in [0.25, 0.3) is 0 Å². The number of hydrogen-bond donors (Lipinski definition) is 0. The van der Waals surface area contributed by atoms with Crippen molar-refractivity contribution in [3.05, 3.63) is 35.4 Å². The molecule has 0 aliphatic heterocycles. The highest BCUT2D eigenvalue weighted by Gasteiger charge is 2.10. The zero-order chi connectivity index (χ0) is 13.4. The first-order valence-corrected chi connectivity index (χ1v) is 5.64. The second-order valence-corrected chi connectivity index (χ2v) is 3.58. The molecule has 0 radical (unpaired) electrons. The third-order valence-corrected chi connectivity index (χ3v) is 2.18. The number of esters is 1. The zero-order valence-electron chi connectivity index (χ0n) is 10.5. The summed E-state index contributed by atoms with van der Waals surface area (Å²) in [7, 11) is 1.56. The summed E-state index contributed by atoms with van der Waals surface area (Å²) in [6, 6.07) is 8.95. The van der Waals surface area contributed by atoms with Crippen LogP contribution in [0.5, 0.6) is 5.75 Å². The number of carbonyl (C=O) groups is 1. The molecule has 0 N–H and O–H groups in total. The number of rotatable bonds is 5. The van der Waals surface area contributed by atoms with Gasteiger partial charge in [0.1, 0.15) is 17.4 Å². The Morgan fingerprint density at radius 2 is 2.28 bits per heavy atom. The highest BCUT2D eigenvalue weighted by Crippen LogP contribution is 2.15. The lowest BCUT2D eigenvalue weighted by Crippen LogP contribution is -2.07. The topological polar surface area (TPSA) is 59.3 Å². The minimum atomic E-state index is -0.595. The van der Waals surface area contributed by atoms with Gasteiger partial charge in [0, 0.05) is 0 Å². The number of nitrogens with zero attached hydrogens (tertiary/aromatic N) is 1. The van der Waals surface area contributed by atoms with Crippen molar-refractivity contribution in [2.24, 2.45) is 0 Å². The van der Waals surface area contributed by atoms with E-state index in [1.54, 1.807) is 31.4 Å². The molecule has 0 saturated heterocycles. The molecule has 0 fully saturated rings. The van der Waals surface area contributed by atoms with Gasteiger partial charge in [0.2, 0.25) is 0 Å². The van der Waals surface area contributed by atoms with E-state index < -0.39 is 5.97 Å². The molecular weight excluding hydrogens is 230 g/mol. The summed E-state index contributed by atoms with van der Waals surface area (Å²) < 4.78 is 9.98. The van der Waals surface area contributed by atoms with Crippen molar-refractivity contribution in [3.8, 4) is 11.8 Å². The van der Waals surface area contributed by atoms with Crippen LogP contribution in [0, 0.1) is 11.3 Å². The average Bonchev–Trinajstić information content (AvgIpc) is 2.42. The molecule has 94 valence electrons. The number of ether oxygens (including phenoxy) is 2. The molecule has 18 heavy (non-hydrogen) atoms. The van der Waals surface area contributed by atoms with Crippen LogP contribution in [0.15, 0.2) is 29.8 Å². The van der Waals surface area contributed by atoms with Crippen molar-refractivity contribution in [2.75, 3.05) is 13.7 Å². The molecule has 1 rings (SSSR count). The number of nitriles is 1. The summed E-state index contributed by atoms with van der Waals surface area (Å²) in [6.07, 6.45) is 2.21. The minimum absolute atomic E-state index is 0.0169. The Bertz CT molecular complexity index is 486. The van der Waals surface area contributed by atoms with E-state index in [0.29, 0.717) is 12.4 Å². The van der Waals surface area contributed by atoms with Gasteiger partial charge < -0.3 is 9.47 Å². The molecule has 0 spiro atoms. The van der Waals surface area contributed by atoms with E-state index in [9.17, 15) is 4.79 Å². The Hall–Kier alpha value is -2.28. The Kier molecular flexibility index (Phi) is 5.46. The van der Waals surface area contributed by atoms with Crippen molar-refractivity contribution < 1.29 is 14.3 Å². The summed E-state index contributed by atoms with van der Waals surface area (Å²) in [6.45, 7) is 2.21. The Morgan fingerprint density at radius 1 is 1.50 bits per heavy atom. The fourth-order valence-corrected chi connectivity index (χ4v) is 1.31. The van der Waals surface area contributed by atoms with Crippen molar-refractivity contribution in [1.82, 2.24) is 0 Å². The van der Waals surface area contributed by atoms with Gasteiger partial charge >= 0.3 is 5.97 Å². The molecule has 4 nitrogen and oxygen atoms in total. The number of hydrogen-bond acceptors (Lipinski definition) is 4. The molecule has 1 aromatic rings. The van der Waals surface area contributed by atoms with Crippen molar-refractivity contribution in [1.29, 1.82) is 5.26 Å². The summed E-state index contributed by atoms with van der Waals surface area (Å²) >= 11 is 0. The van der Waals surface area contributed by atoms with Gasteiger partial charge in [-0.2, -0.15) is 5.26 Å². The second kappa shape index (κ2) is 7.13. The standard InChI is InChI=1S/C14H15NO3/c1-3-7-18-14(16)12(10-15)8-11-5-4-6-13(9-11)17-2/h4-6,8-9H,3,7H2,1-2H3/b12-8+. The van der Waals surface area contributed by atoms with E-state index in [1.807, 2.05) is 13.0 Å². The lowest BCUT2D eigenvalue weighted by Gasteiger charge is -2.03. The van der Waals surface area contributed by atoms with Crippen LogP contribution >= 0.6 is 0 Å². The van der Waals surface area contributed by atoms with Crippen LogP contribution < -0.4 is 4.74 Å². The van der Waals surface area contributed by atoms with Gasteiger partial charge in [0.05, 0.1) is 13.7 Å². The van der Waals surface area contributed by atoms with Crippen LogP contribution in [0.3, 0.4) is 0 Å². The first-order chi connectivity index (χ1) is 8.71. The number of carbonyl (C=O) groups excluding carboxylic acids is 1. The summed E-state index contributed by atoms with van der Waals surface area (Å²) in [5.41, 5.74) is 0.705. The van der Waals surface area contributed by atoms with E-state index >= 15 is 0 Å². The van der Waals surface area contributed by atoms with Crippen molar-refractivity contribution in [2.45, 2.75) is 13.3 Å². The number of benzene rings is 1. The summed E-state index contributed by atoms with van der Waals surface area (Å²) in [5.74, 6) is 0.0742. The second-order valence-electron chi connectivity index (χ2n) is 3.58. The normalized spacial score (nSPS) is 10.6. The van der Waals surface area contributed by atoms with E-state index in [4.69, 9.17) is 14.7 Å². The summed E-state index contributed by atoms with van der Waals surface area (Å²) in [4.78, 5) is 11.5. The lowest BCUT2D eigenvalue weighted by atomic mass is 10.1. The van der Waals surface area contributed by atoms with Crippen LogP contribution in [-0.4, -0.2) is 19.7 Å². The predicted molar refractivity (Wildman–Crippen MR) is 67.8 cm³/mol. The SMILES string of the molecule is CCCOC(=O)/C(C#N)=C/c1cccc(OC)c1. The fraction of sp³-hybridized carbons (Fsp3) is 0.286. The average molecular weight is 245 g/mol. The molecule has 0 aliphatic carbocycles. The maximum Gasteiger partial charge on any atom is 0.348 e. The van der Waals surface area contributed by atoms with Gasteiger partial charge in [-0.15, -0.1) is 0 Å². The fourth-order valence-electron chi connectivity index (χ4n) is 1.31. The van der Waals surface area contributed by atoms with Crippen molar-refractivity contribution >= 4 is 12.0 Å². The van der Waals surface area contributed by atoms with Gasteiger partial charge in [-0.3, -0.25) is 0 Å². The molecule has 0 saturated carbocycles. The smallest absolute Gasteiger partial charge is 0.348 e. The van der Waals surface area contributed by atoms with Gasteiger partial charge in [0.15, 0.2) is 0 Å². The van der Waals surface area contributed by atoms with Gasteiger partial charge in [-0.25, -0.2) is 4.79 Å². The van der Waals surface area contributed by atoms with Crippen LogP contribution in [0.1, 0.15) is 18.9 Å². The van der Waals surface area contributed by atoms with Crippen LogP contribution in [0.25, 0.3) is 6.08 Å². The molecule has 0 unspecified atom stereocenters. The lowest BCUT2D eigenvalue weighted by molar-refractivity contribution is -0.138. The van der Waals surface area contributed by atoms with Gasteiger partial charge in [-0.1, -0.05) is 19.1 Å². The van der Waals surface area contributed by atoms with Crippen LogP contribution in [-0.2, 0) is 9.53 Å². The van der Waals surface area contributed by atoms with E-state index in [-0.39, 0.29) is 5.57 Å². The van der Waals surface area contributed by atoms with Gasteiger partial charge in [-0.05, 0) is 30.2 Å². The molecule has 0 amide bonds. The molecule has 1 aromatic carbocycles. The molecule has 0 aliphatic rings. The monoisotopic (exact) mass is 245 g/mol. The Morgan fingerprint density at radius 3 is 2.89 bits per heavy atom. The molecule has 0 bridgehead atoms. The first-order valence-electron chi connectivity index (χ1n) is 5.64. The maximum atomic E-state index is 11.5. The third-order valence-electron chi connectivity index (χ3n) is 2.18. The summed E-state index contributed by atoms with van der Waals surface area (Å²) in [5, 5.41) is 8.93. The van der Waals surface area contributed by atoms with E-state index in [0.717, 1.165) is 12.0 Å².